The van der Waals surface area contributed by atoms with E-state index in [0.717, 1.165) is 6.54 Å². The van der Waals surface area contributed by atoms with E-state index >= 15 is 0 Å². The fourth-order valence-corrected chi connectivity index (χ4v) is 0.307. The quantitative estimate of drug-likeness (QED) is 0.454. The summed E-state index contributed by atoms with van der Waals surface area (Å²) in [5, 5.41) is 2.92. The molecule has 0 bridgehead atoms. The van der Waals surface area contributed by atoms with Crippen molar-refractivity contribution in [1.82, 2.24) is 5.32 Å². The lowest BCUT2D eigenvalue weighted by Gasteiger charge is -2.03. The van der Waals surface area contributed by atoms with Crippen LogP contribution in [-0.4, -0.2) is 6.54 Å². The molecule has 1 N–H and O–H groups in total. The van der Waals surface area contributed by atoms with Gasteiger partial charge in [-0.05, 0) is 0 Å². The monoisotopic (exact) mass is 84.0 g/mol. The van der Waals surface area contributed by atoms with Crippen molar-refractivity contribution in [3.05, 3.63) is 19.1 Å². The third kappa shape index (κ3) is 0.641. The molecule has 0 atom stereocenters. The largest absolute Gasteiger partial charge is 0.491 e. The van der Waals surface area contributed by atoms with E-state index in [2.05, 4.69) is 5.32 Å². The van der Waals surface area contributed by atoms with Crippen LogP contribution in [0.2, 0.25) is 0 Å². The van der Waals surface area contributed by atoms with E-state index in [9.17, 15) is 0 Å². The van der Waals surface area contributed by atoms with Crippen molar-refractivity contribution in [2.75, 3.05) is 6.54 Å². The van der Waals surface area contributed by atoms with Gasteiger partial charge in [-0.25, -0.2) is 0 Å². The van der Waals surface area contributed by atoms with Crippen molar-refractivity contribution < 1.29 is 4.74 Å². The molecule has 0 amide bonds. The van der Waals surface area contributed by atoms with Gasteiger partial charge in [0, 0.05) is 6.20 Å². The van der Waals surface area contributed by atoms with Crippen molar-refractivity contribution in [2.45, 2.75) is 0 Å². The highest BCUT2D eigenvalue weighted by molar-refractivity contribution is 4.79. The third-order valence-corrected chi connectivity index (χ3v) is 0.562. The van der Waals surface area contributed by atoms with E-state index in [1.165, 1.54) is 0 Å². The standard InChI is InChI=1S/C4H6NO/c1-3-6-4-2-5-1/h1,3-5H,2H2. The Morgan fingerprint density at radius 3 is 2.83 bits per heavy atom. The molecule has 2 nitrogen and oxygen atoms in total. The molecule has 1 aliphatic heterocycles. The van der Waals surface area contributed by atoms with Crippen LogP contribution >= 0.6 is 0 Å². The van der Waals surface area contributed by atoms with Crippen LogP contribution in [0.5, 0.6) is 0 Å². The second-order valence-electron chi connectivity index (χ2n) is 1.01. The number of hydrogen-bond acceptors (Lipinski definition) is 2. The summed E-state index contributed by atoms with van der Waals surface area (Å²) >= 11 is 0. The predicted molar refractivity (Wildman–Crippen MR) is 22.5 cm³/mol. The lowest BCUT2D eigenvalue weighted by molar-refractivity contribution is 0.310. The molecular weight excluding hydrogens is 78.0 g/mol. The molecule has 0 aromatic carbocycles. The SMILES string of the molecule is [CH]1CNC=CO1. The van der Waals surface area contributed by atoms with Crippen LogP contribution in [0.1, 0.15) is 0 Å². The van der Waals surface area contributed by atoms with Crippen LogP contribution < -0.4 is 5.32 Å². The summed E-state index contributed by atoms with van der Waals surface area (Å²) in [6.45, 7) is 2.51. The minimum atomic E-state index is 0.816. The lowest BCUT2D eigenvalue weighted by Crippen LogP contribution is -2.11. The van der Waals surface area contributed by atoms with E-state index in [0.29, 0.717) is 0 Å². The highest BCUT2D eigenvalue weighted by Crippen LogP contribution is 1.85. The van der Waals surface area contributed by atoms with Crippen molar-refractivity contribution in [3.63, 3.8) is 0 Å². The summed E-state index contributed by atoms with van der Waals surface area (Å²) in [5.74, 6) is 0. The molecule has 2 heteroatoms. The van der Waals surface area contributed by atoms with E-state index < -0.39 is 0 Å². The topological polar surface area (TPSA) is 21.3 Å². The lowest BCUT2D eigenvalue weighted by atomic mass is 10.6. The molecule has 6 heavy (non-hydrogen) atoms. The molecule has 0 aromatic heterocycles. The summed E-state index contributed by atoms with van der Waals surface area (Å²) < 4.78 is 4.70. The first-order valence-corrected chi connectivity index (χ1v) is 1.86. The van der Waals surface area contributed by atoms with Crippen molar-refractivity contribution in [1.29, 1.82) is 0 Å². The molecule has 1 heterocycles. The minimum Gasteiger partial charge on any atom is -0.491 e. The van der Waals surface area contributed by atoms with Gasteiger partial charge in [0.25, 0.3) is 0 Å². The molecule has 0 saturated carbocycles. The second kappa shape index (κ2) is 1.70. The van der Waals surface area contributed by atoms with Gasteiger partial charge in [0.2, 0.25) is 0 Å². The van der Waals surface area contributed by atoms with Crippen LogP contribution in [0, 0.1) is 6.61 Å². The second-order valence-corrected chi connectivity index (χ2v) is 1.01. The molecule has 0 spiro atoms. The van der Waals surface area contributed by atoms with Crippen LogP contribution in [0.25, 0.3) is 0 Å². The molecule has 1 aliphatic rings. The van der Waals surface area contributed by atoms with Crippen molar-refractivity contribution >= 4 is 0 Å². The van der Waals surface area contributed by atoms with Crippen LogP contribution in [0.3, 0.4) is 0 Å². The smallest absolute Gasteiger partial charge is 0.153 e. The van der Waals surface area contributed by atoms with Crippen molar-refractivity contribution in [3.8, 4) is 0 Å². The van der Waals surface area contributed by atoms with Gasteiger partial charge in [0.1, 0.15) is 0 Å². The highest BCUT2D eigenvalue weighted by Gasteiger charge is 1.85. The minimum absolute atomic E-state index is 0.816. The van der Waals surface area contributed by atoms with E-state index in [-0.39, 0.29) is 0 Å². The van der Waals surface area contributed by atoms with Gasteiger partial charge in [-0.3, -0.25) is 0 Å². The first-order chi connectivity index (χ1) is 3.00. The maximum atomic E-state index is 4.70. The molecule has 0 aliphatic carbocycles. The zero-order valence-corrected chi connectivity index (χ0v) is 3.35. The Hall–Kier alpha value is -0.660. The van der Waals surface area contributed by atoms with Gasteiger partial charge in [0.05, 0.1) is 12.8 Å². The Bertz CT molecular complexity index is 52.6. The summed E-state index contributed by atoms with van der Waals surface area (Å²) in [7, 11) is 0. The number of rotatable bonds is 0. The first kappa shape index (κ1) is 3.53. The van der Waals surface area contributed by atoms with Gasteiger partial charge in [-0.15, -0.1) is 0 Å². The Labute approximate surface area is 36.8 Å². The Morgan fingerprint density at radius 1 is 1.67 bits per heavy atom. The summed E-state index contributed by atoms with van der Waals surface area (Å²) in [5.41, 5.74) is 0. The fraction of sp³-hybridized carbons (Fsp3) is 0.250. The maximum absolute atomic E-state index is 4.70. The molecule has 0 aromatic rings. The number of nitrogens with one attached hydrogen (secondary N) is 1. The van der Waals surface area contributed by atoms with Crippen molar-refractivity contribution in [2.24, 2.45) is 0 Å². The van der Waals surface area contributed by atoms with E-state index in [4.69, 9.17) is 4.74 Å². The molecule has 0 unspecified atom stereocenters. The zero-order chi connectivity index (χ0) is 4.24. The summed E-state index contributed by atoms with van der Waals surface area (Å²) in [6, 6.07) is 0. The Balaban J connectivity index is 2.26. The highest BCUT2D eigenvalue weighted by atomic mass is 16.5. The molecule has 0 saturated heterocycles. The molecule has 1 radical (unpaired) electrons. The average molecular weight is 84.1 g/mol. The van der Waals surface area contributed by atoms with Crippen LogP contribution in [-0.2, 0) is 4.74 Å². The number of ether oxygens (including phenoxy) is 1. The Morgan fingerprint density at radius 2 is 2.67 bits per heavy atom. The molecule has 33 valence electrons. The third-order valence-electron chi connectivity index (χ3n) is 0.562. The summed E-state index contributed by atoms with van der Waals surface area (Å²) in [6.07, 6.45) is 3.36. The molecular formula is C4H6NO. The fourth-order valence-electron chi connectivity index (χ4n) is 0.307. The zero-order valence-electron chi connectivity index (χ0n) is 3.35. The van der Waals surface area contributed by atoms with Crippen LogP contribution in [0.4, 0.5) is 0 Å². The first-order valence-electron chi connectivity index (χ1n) is 1.86. The Kier molecular flexibility index (Phi) is 0.998. The average Bonchev–Trinajstić information content (AvgIpc) is 1.72. The number of hydrogen-bond donors (Lipinski definition) is 1. The van der Waals surface area contributed by atoms with Gasteiger partial charge in [0.15, 0.2) is 6.61 Å². The van der Waals surface area contributed by atoms with Gasteiger partial charge >= 0.3 is 0 Å². The van der Waals surface area contributed by atoms with E-state index in [1.807, 2.05) is 0 Å². The van der Waals surface area contributed by atoms with Gasteiger partial charge < -0.3 is 10.1 Å². The molecule has 0 fully saturated rings. The molecule has 1 rings (SSSR count). The maximum Gasteiger partial charge on any atom is 0.153 e. The van der Waals surface area contributed by atoms with Gasteiger partial charge in [-0.1, -0.05) is 0 Å². The van der Waals surface area contributed by atoms with E-state index in [1.54, 1.807) is 19.1 Å². The summed E-state index contributed by atoms with van der Waals surface area (Å²) in [4.78, 5) is 0. The normalized spacial score (nSPS) is 18.7. The predicted octanol–water partition coefficient (Wildman–Crippen LogP) is 0.239. The van der Waals surface area contributed by atoms with Gasteiger partial charge in [-0.2, -0.15) is 0 Å². The van der Waals surface area contributed by atoms with Crippen LogP contribution in [0.15, 0.2) is 12.5 Å².